The average Bonchev–Trinajstić information content (AvgIpc) is 3.29. The van der Waals surface area contributed by atoms with Gasteiger partial charge in [-0.15, -0.1) is 0 Å². The van der Waals surface area contributed by atoms with E-state index in [1.807, 2.05) is 6.07 Å². The largest absolute Gasteiger partial charge is 0.493 e. The predicted molar refractivity (Wildman–Crippen MR) is 138 cm³/mol. The number of carbonyl (C=O) groups is 2. The first-order chi connectivity index (χ1) is 17.4. The summed E-state index contributed by atoms with van der Waals surface area (Å²) in [6, 6.07) is 9.44. The topological polar surface area (TPSA) is 103 Å². The zero-order valence-electron chi connectivity index (χ0n) is 21.4. The Labute approximate surface area is 211 Å². The summed E-state index contributed by atoms with van der Waals surface area (Å²) < 4.78 is 12.9. The summed E-state index contributed by atoms with van der Waals surface area (Å²) in [6.07, 6.45) is 6.98. The van der Waals surface area contributed by atoms with Gasteiger partial charge in [0.25, 0.3) is 5.91 Å². The molecule has 1 fully saturated rings. The molecule has 4 rings (SSSR count). The summed E-state index contributed by atoms with van der Waals surface area (Å²) in [5, 5.41) is 12.5. The highest BCUT2D eigenvalue weighted by Crippen LogP contribution is 2.36. The van der Waals surface area contributed by atoms with Crippen LogP contribution in [0, 0.1) is 0 Å². The highest BCUT2D eigenvalue weighted by atomic mass is 16.5. The fourth-order valence-corrected chi connectivity index (χ4v) is 5.05. The van der Waals surface area contributed by atoms with Gasteiger partial charge >= 0.3 is 5.97 Å². The second kappa shape index (κ2) is 11.0. The summed E-state index contributed by atoms with van der Waals surface area (Å²) in [4.78, 5) is 30.2. The number of aliphatic carboxylic acids is 1. The number of imidazole rings is 1. The summed E-state index contributed by atoms with van der Waals surface area (Å²) in [5.74, 6) is 0.591. The van der Waals surface area contributed by atoms with E-state index >= 15 is 0 Å². The first-order valence-electron chi connectivity index (χ1n) is 12.6. The molecule has 2 N–H and O–H groups in total. The predicted octanol–water partition coefficient (Wildman–Crippen LogP) is 5.63. The number of carboxylic acid groups (broad SMARTS) is 1. The molecule has 8 heteroatoms. The smallest absolute Gasteiger partial charge is 0.330 e. The number of hydrogen-bond donors (Lipinski definition) is 2. The number of nitrogens with zero attached hydrogens (tertiary/aromatic N) is 2. The number of aromatic nitrogens is 2. The Hall–Kier alpha value is -3.55. The number of amides is 1. The fraction of sp³-hybridized carbons (Fsp3) is 0.464. The molecule has 1 aliphatic carbocycles. The van der Waals surface area contributed by atoms with Crippen LogP contribution in [-0.2, 0) is 4.79 Å². The minimum Gasteiger partial charge on any atom is -0.493 e. The van der Waals surface area contributed by atoms with Crippen LogP contribution >= 0.6 is 0 Å². The third-order valence-corrected chi connectivity index (χ3v) is 7.24. The number of carboxylic acids is 1. The van der Waals surface area contributed by atoms with Crippen molar-refractivity contribution in [1.82, 2.24) is 14.9 Å². The number of rotatable bonds is 9. The lowest BCUT2D eigenvalue weighted by Crippen LogP contribution is -2.33. The minimum atomic E-state index is -1.25. The molecule has 1 aliphatic rings. The molecule has 0 radical (unpaired) electrons. The third-order valence-electron chi connectivity index (χ3n) is 7.24. The second-order valence-corrected chi connectivity index (χ2v) is 9.50. The molecule has 192 valence electrons. The van der Waals surface area contributed by atoms with Crippen LogP contribution in [0.25, 0.3) is 11.0 Å². The normalized spacial score (nSPS) is 15.9. The van der Waals surface area contributed by atoms with Crippen LogP contribution in [0.4, 0.5) is 0 Å². The highest BCUT2D eigenvalue weighted by molar-refractivity contribution is 5.99. The van der Waals surface area contributed by atoms with Gasteiger partial charge in [0.1, 0.15) is 5.82 Å². The zero-order chi connectivity index (χ0) is 25.8. The van der Waals surface area contributed by atoms with E-state index in [0.29, 0.717) is 34.6 Å². The Balaban J connectivity index is 1.65. The molecular weight excluding hydrogens is 458 g/mol. The number of nitrogens with one attached hydrogen (secondary N) is 1. The van der Waals surface area contributed by atoms with Crippen LogP contribution in [-0.4, -0.2) is 40.8 Å². The van der Waals surface area contributed by atoms with Crippen LogP contribution in [0.3, 0.4) is 0 Å². The van der Waals surface area contributed by atoms with E-state index in [2.05, 4.69) is 23.7 Å². The van der Waals surface area contributed by atoms with E-state index in [0.717, 1.165) is 36.1 Å². The first-order valence-corrected chi connectivity index (χ1v) is 12.6. The van der Waals surface area contributed by atoms with Gasteiger partial charge in [0.15, 0.2) is 17.5 Å². The Bertz CT molecular complexity index is 1250. The Morgan fingerprint density at radius 2 is 1.81 bits per heavy atom. The van der Waals surface area contributed by atoms with E-state index in [1.165, 1.54) is 33.5 Å². The average molecular weight is 494 g/mol. The number of benzene rings is 2. The summed E-state index contributed by atoms with van der Waals surface area (Å²) in [6.45, 7) is 4.35. The molecule has 0 bridgehead atoms. The third kappa shape index (κ3) is 5.03. The summed E-state index contributed by atoms with van der Waals surface area (Å²) in [7, 11) is 2.98. The number of ether oxygens (including phenoxy) is 2. The van der Waals surface area contributed by atoms with Gasteiger partial charge in [0.2, 0.25) is 0 Å². The maximum Gasteiger partial charge on any atom is 0.330 e. The van der Waals surface area contributed by atoms with Crippen LogP contribution in [0.1, 0.15) is 92.1 Å². The monoisotopic (exact) mass is 493 g/mol. The zero-order valence-corrected chi connectivity index (χ0v) is 21.4. The molecule has 8 nitrogen and oxygen atoms in total. The van der Waals surface area contributed by atoms with Gasteiger partial charge < -0.3 is 24.5 Å². The number of carbonyl (C=O) groups excluding carboxylic acids is 1. The van der Waals surface area contributed by atoms with Crippen molar-refractivity contribution < 1.29 is 24.2 Å². The van der Waals surface area contributed by atoms with E-state index < -0.39 is 17.9 Å². The molecule has 0 saturated heterocycles. The lowest BCUT2D eigenvalue weighted by molar-refractivity contribution is -0.139. The van der Waals surface area contributed by atoms with Crippen molar-refractivity contribution in [3.8, 4) is 11.5 Å². The Morgan fingerprint density at radius 3 is 2.44 bits per heavy atom. The Morgan fingerprint density at radius 1 is 1.08 bits per heavy atom. The van der Waals surface area contributed by atoms with Gasteiger partial charge in [-0.25, -0.2) is 9.78 Å². The number of methoxy groups -OCH3 is 2. The molecular formula is C28H35N3O5. The van der Waals surface area contributed by atoms with Gasteiger partial charge in [0, 0.05) is 17.5 Å². The van der Waals surface area contributed by atoms with Crippen LogP contribution in [0.15, 0.2) is 36.4 Å². The number of fused-ring (bicyclic) bond motifs is 1. The van der Waals surface area contributed by atoms with E-state index in [-0.39, 0.29) is 0 Å². The molecule has 36 heavy (non-hydrogen) atoms. The fourth-order valence-electron chi connectivity index (χ4n) is 5.05. The van der Waals surface area contributed by atoms with Gasteiger partial charge in [-0.2, -0.15) is 0 Å². The van der Waals surface area contributed by atoms with Gasteiger partial charge in [-0.05, 0) is 55.2 Å². The van der Waals surface area contributed by atoms with Crippen molar-refractivity contribution in [2.75, 3.05) is 14.2 Å². The molecule has 1 aromatic heterocycles. The van der Waals surface area contributed by atoms with Crippen molar-refractivity contribution in [3.05, 3.63) is 53.3 Å². The molecule has 2 aromatic carbocycles. The molecule has 0 aliphatic heterocycles. The standard InChI is InChI=1S/C28H35N3O5/c1-5-17(2)26-29-21-15-19(11-13-22(21)31(26)20-9-7-6-8-10-20)27(32)30-25(28(33)34)18-12-14-23(35-3)24(16-18)36-4/h11-17,20,25H,5-10H2,1-4H3,(H,30,32)(H,33,34). The van der Waals surface area contributed by atoms with Gasteiger partial charge in [-0.1, -0.05) is 39.2 Å². The molecule has 0 spiro atoms. The van der Waals surface area contributed by atoms with Crippen molar-refractivity contribution in [2.45, 2.75) is 70.4 Å². The van der Waals surface area contributed by atoms with E-state index in [9.17, 15) is 14.7 Å². The molecule has 2 unspecified atom stereocenters. The van der Waals surface area contributed by atoms with Crippen molar-refractivity contribution in [2.24, 2.45) is 0 Å². The van der Waals surface area contributed by atoms with Crippen molar-refractivity contribution in [1.29, 1.82) is 0 Å². The highest BCUT2D eigenvalue weighted by Gasteiger charge is 2.26. The molecule has 1 saturated carbocycles. The number of hydrogen-bond acceptors (Lipinski definition) is 5. The lowest BCUT2D eigenvalue weighted by Gasteiger charge is -2.27. The van der Waals surface area contributed by atoms with Crippen molar-refractivity contribution in [3.63, 3.8) is 0 Å². The lowest BCUT2D eigenvalue weighted by atomic mass is 9.94. The van der Waals surface area contributed by atoms with Crippen LogP contribution < -0.4 is 14.8 Å². The van der Waals surface area contributed by atoms with Crippen LogP contribution in [0.5, 0.6) is 11.5 Å². The quantitative estimate of drug-likeness (QED) is 0.401. The molecule has 3 aromatic rings. The van der Waals surface area contributed by atoms with E-state index in [1.54, 1.807) is 30.3 Å². The second-order valence-electron chi connectivity index (χ2n) is 9.50. The summed E-state index contributed by atoms with van der Waals surface area (Å²) in [5.41, 5.74) is 2.55. The maximum absolute atomic E-state index is 13.2. The van der Waals surface area contributed by atoms with E-state index in [4.69, 9.17) is 14.5 Å². The molecule has 1 heterocycles. The summed E-state index contributed by atoms with van der Waals surface area (Å²) >= 11 is 0. The SMILES string of the molecule is CCC(C)c1nc2cc(C(=O)NC(C(=O)O)c3ccc(OC)c(OC)c3)ccc2n1C1CCCCC1. The van der Waals surface area contributed by atoms with Gasteiger partial charge in [-0.3, -0.25) is 4.79 Å². The first kappa shape index (κ1) is 25.5. The molecule has 2 atom stereocenters. The minimum absolute atomic E-state index is 0.304. The van der Waals surface area contributed by atoms with Crippen molar-refractivity contribution >= 4 is 22.9 Å². The Kier molecular flexibility index (Phi) is 7.82. The maximum atomic E-state index is 13.2. The molecule has 1 amide bonds. The van der Waals surface area contributed by atoms with Crippen LogP contribution in [0.2, 0.25) is 0 Å². The van der Waals surface area contributed by atoms with Gasteiger partial charge in [0.05, 0.1) is 25.3 Å².